The number of hydrogen-bond donors (Lipinski definition) is 1. The van der Waals surface area contributed by atoms with Gasteiger partial charge >= 0.3 is 6.61 Å². The van der Waals surface area contributed by atoms with Crippen LogP contribution in [-0.4, -0.2) is 33.3 Å². The van der Waals surface area contributed by atoms with E-state index in [9.17, 15) is 13.6 Å². The van der Waals surface area contributed by atoms with E-state index in [1.807, 2.05) is 0 Å². The van der Waals surface area contributed by atoms with Crippen molar-refractivity contribution in [3.05, 3.63) is 51.5 Å². The molecule has 0 bridgehead atoms. The summed E-state index contributed by atoms with van der Waals surface area (Å²) in [5.74, 6) is 0.0503. The van der Waals surface area contributed by atoms with Crippen LogP contribution in [0.3, 0.4) is 0 Å². The van der Waals surface area contributed by atoms with Gasteiger partial charge in [-0.3, -0.25) is 4.79 Å². The van der Waals surface area contributed by atoms with Gasteiger partial charge in [0, 0.05) is 12.1 Å². The topological polar surface area (TPSA) is 56.8 Å². The van der Waals surface area contributed by atoms with Gasteiger partial charge in [-0.1, -0.05) is 29.3 Å². The van der Waals surface area contributed by atoms with Crippen LogP contribution < -0.4 is 19.5 Å². The lowest BCUT2D eigenvalue weighted by Crippen LogP contribution is -2.25. The first-order chi connectivity index (χ1) is 12.8. The number of methoxy groups -OCH3 is 2. The van der Waals surface area contributed by atoms with Gasteiger partial charge in [-0.25, -0.2) is 0 Å². The molecule has 2 aromatic rings. The molecule has 0 unspecified atom stereocenters. The fourth-order valence-electron chi connectivity index (χ4n) is 2.37. The van der Waals surface area contributed by atoms with Crippen molar-refractivity contribution in [2.75, 3.05) is 20.8 Å². The number of halogens is 4. The summed E-state index contributed by atoms with van der Waals surface area (Å²) in [5, 5.41) is 3.15. The van der Waals surface area contributed by atoms with Gasteiger partial charge in [0.25, 0.3) is 5.91 Å². The molecule has 27 heavy (non-hydrogen) atoms. The van der Waals surface area contributed by atoms with Gasteiger partial charge < -0.3 is 19.5 Å². The number of benzene rings is 2. The number of alkyl halides is 2. The number of ether oxygens (including phenoxy) is 3. The molecule has 0 radical (unpaired) electrons. The van der Waals surface area contributed by atoms with Gasteiger partial charge in [0.15, 0.2) is 17.2 Å². The predicted molar refractivity (Wildman–Crippen MR) is 98.7 cm³/mol. The minimum absolute atomic E-state index is 0.0648. The van der Waals surface area contributed by atoms with E-state index >= 15 is 0 Å². The Hall–Kier alpha value is -2.25. The molecule has 0 heterocycles. The highest BCUT2D eigenvalue weighted by molar-refractivity contribution is 6.37. The molecule has 0 saturated heterocycles. The lowest BCUT2D eigenvalue weighted by Gasteiger charge is -2.12. The molecule has 0 aliphatic heterocycles. The molecule has 146 valence electrons. The van der Waals surface area contributed by atoms with Crippen LogP contribution in [0.1, 0.15) is 15.9 Å². The molecule has 1 N–H and O–H groups in total. The van der Waals surface area contributed by atoms with Gasteiger partial charge in [-0.2, -0.15) is 8.78 Å². The highest BCUT2D eigenvalue weighted by atomic mass is 35.5. The van der Waals surface area contributed by atoms with E-state index in [1.165, 1.54) is 38.5 Å². The largest absolute Gasteiger partial charge is 0.494 e. The van der Waals surface area contributed by atoms with Crippen molar-refractivity contribution in [3.63, 3.8) is 0 Å². The normalized spacial score (nSPS) is 10.6. The van der Waals surface area contributed by atoms with Gasteiger partial charge in [-0.05, 0) is 36.2 Å². The summed E-state index contributed by atoms with van der Waals surface area (Å²) < 4.78 is 39.4. The average Bonchev–Trinajstić information content (AvgIpc) is 2.61. The number of carbonyl (C=O) groups is 1. The molecule has 9 heteroatoms. The summed E-state index contributed by atoms with van der Waals surface area (Å²) in [4.78, 5) is 12.2. The molecule has 0 aliphatic rings. The Labute approximate surface area is 165 Å². The zero-order chi connectivity index (χ0) is 20.0. The fourth-order valence-corrected chi connectivity index (χ4v) is 3.01. The van der Waals surface area contributed by atoms with Crippen LogP contribution in [0.4, 0.5) is 8.78 Å². The van der Waals surface area contributed by atoms with E-state index in [4.69, 9.17) is 32.7 Å². The molecular formula is C18H17Cl2F2NO4. The molecule has 2 rings (SSSR count). The van der Waals surface area contributed by atoms with Crippen molar-refractivity contribution in [1.29, 1.82) is 0 Å². The minimum Gasteiger partial charge on any atom is -0.494 e. The van der Waals surface area contributed by atoms with Crippen LogP contribution in [0.15, 0.2) is 30.3 Å². The predicted octanol–water partition coefficient (Wildman–Crippen LogP) is 4.58. The quantitative estimate of drug-likeness (QED) is 0.679. The Bertz CT molecular complexity index is 795. The van der Waals surface area contributed by atoms with Crippen molar-refractivity contribution in [3.8, 4) is 17.2 Å². The van der Waals surface area contributed by atoms with Crippen LogP contribution in [0.5, 0.6) is 17.2 Å². The third-order valence-corrected chi connectivity index (χ3v) is 4.17. The van der Waals surface area contributed by atoms with E-state index in [-0.39, 0.29) is 39.6 Å². The summed E-state index contributed by atoms with van der Waals surface area (Å²) in [6.07, 6.45) is 0.396. The molecule has 0 aromatic heterocycles. The number of nitrogens with one attached hydrogen (secondary N) is 1. The van der Waals surface area contributed by atoms with Gasteiger partial charge in [0.2, 0.25) is 0 Å². The van der Waals surface area contributed by atoms with Crippen LogP contribution in [0.2, 0.25) is 10.0 Å². The number of carbonyl (C=O) groups excluding carboxylic acids is 1. The third-order valence-electron chi connectivity index (χ3n) is 3.61. The first-order valence-electron chi connectivity index (χ1n) is 7.78. The van der Waals surface area contributed by atoms with E-state index in [1.54, 1.807) is 6.07 Å². The fraction of sp³-hybridized carbons (Fsp3) is 0.278. The van der Waals surface area contributed by atoms with E-state index < -0.39 is 6.61 Å². The highest BCUT2D eigenvalue weighted by Gasteiger charge is 2.14. The summed E-state index contributed by atoms with van der Waals surface area (Å²) in [7, 11) is 2.78. The minimum atomic E-state index is -2.96. The molecule has 0 atom stereocenters. The first kappa shape index (κ1) is 21.1. The monoisotopic (exact) mass is 419 g/mol. The Morgan fingerprint density at radius 2 is 1.74 bits per heavy atom. The molecular weight excluding hydrogens is 403 g/mol. The Kier molecular flexibility index (Phi) is 7.50. The van der Waals surface area contributed by atoms with Crippen molar-refractivity contribution in [1.82, 2.24) is 5.32 Å². The van der Waals surface area contributed by atoms with Crippen molar-refractivity contribution in [2.24, 2.45) is 0 Å². The first-order valence-corrected chi connectivity index (χ1v) is 8.54. The van der Waals surface area contributed by atoms with Gasteiger partial charge in [-0.15, -0.1) is 0 Å². The molecule has 0 saturated carbocycles. The Morgan fingerprint density at radius 1 is 1.07 bits per heavy atom. The third kappa shape index (κ3) is 5.61. The Morgan fingerprint density at radius 3 is 2.30 bits per heavy atom. The highest BCUT2D eigenvalue weighted by Crippen LogP contribution is 2.34. The van der Waals surface area contributed by atoms with Crippen LogP contribution in [-0.2, 0) is 6.42 Å². The summed E-state index contributed by atoms with van der Waals surface area (Å²) in [6, 6.07) is 7.56. The van der Waals surface area contributed by atoms with E-state index in [2.05, 4.69) is 10.1 Å². The van der Waals surface area contributed by atoms with Crippen molar-refractivity contribution in [2.45, 2.75) is 13.0 Å². The lowest BCUT2D eigenvalue weighted by atomic mass is 10.1. The van der Waals surface area contributed by atoms with Crippen molar-refractivity contribution < 1.29 is 27.8 Å². The van der Waals surface area contributed by atoms with Gasteiger partial charge in [0.05, 0.1) is 24.3 Å². The second-order valence-electron chi connectivity index (χ2n) is 5.34. The molecule has 5 nitrogen and oxygen atoms in total. The molecule has 0 aliphatic carbocycles. The number of rotatable bonds is 8. The van der Waals surface area contributed by atoms with E-state index in [0.29, 0.717) is 17.7 Å². The Balaban J connectivity index is 2.01. The standard InChI is InChI=1S/C18H17Cl2F2NO4/c1-25-14-4-3-10(7-15(14)27-18(21)22)5-6-23-17(24)11-8-12(19)16(26-2)13(20)9-11/h3-4,7-9,18H,5-6H2,1-2H3,(H,23,24). The summed E-state index contributed by atoms with van der Waals surface area (Å²) >= 11 is 12.0. The number of amides is 1. The SMILES string of the molecule is COc1ccc(CCNC(=O)c2cc(Cl)c(OC)c(Cl)c2)cc1OC(F)F. The lowest BCUT2D eigenvalue weighted by molar-refractivity contribution is -0.0512. The van der Waals surface area contributed by atoms with Crippen LogP contribution in [0, 0.1) is 0 Å². The number of hydrogen-bond acceptors (Lipinski definition) is 4. The van der Waals surface area contributed by atoms with E-state index in [0.717, 1.165) is 0 Å². The molecule has 1 amide bonds. The maximum absolute atomic E-state index is 12.5. The average molecular weight is 420 g/mol. The van der Waals surface area contributed by atoms with Crippen LogP contribution >= 0.6 is 23.2 Å². The second kappa shape index (κ2) is 9.62. The van der Waals surface area contributed by atoms with Crippen molar-refractivity contribution >= 4 is 29.1 Å². The zero-order valence-electron chi connectivity index (χ0n) is 14.5. The maximum Gasteiger partial charge on any atom is 0.387 e. The second-order valence-corrected chi connectivity index (χ2v) is 6.16. The molecule has 0 spiro atoms. The van der Waals surface area contributed by atoms with Gasteiger partial charge in [0.1, 0.15) is 0 Å². The zero-order valence-corrected chi connectivity index (χ0v) is 16.0. The molecule has 2 aromatic carbocycles. The smallest absolute Gasteiger partial charge is 0.387 e. The maximum atomic E-state index is 12.5. The summed E-state index contributed by atoms with van der Waals surface area (Å²) in [6.45, 7) is -2.70. The molecule has 0 fully saturated rings. The summed E-state index contributed by atoms with van der Waals surface area (Å²) in [5.41, 5.74) is 0.972. The van der Waals surface area contributed by atoms with Crippen LogP contribution in [0.25, 0.3) is 0 Å².